The number of benzene rings is 3. The third-order valence-electron chi connectivity index (χ3n) is 5.77. The summed E-state index contributed by atoms with van der Waals surface area (Å²) in [6.45, 7) is 0. The second-order valence-corrected chi connectivity index (χ2v) is 7.02. The summed E-state index contributed by atoms with van der Waals surface area (Å²) in [7, 11) is 1.40. The Bertz CT molecular complexity index is 1020. The van der Waals surface area contributed by atoms with Gasteiger partial charge in [-0.15, -0.1) is 0 Å². The maximum absolute atomic E-state index is 13.1. The highest BCUT2D eigenvalue weighted by atomic mass is 16.6. The molecule has 4 rings (SSSR count). The summed E-state index contributed by atoms with van der Waals surface area (Å²) < 4.78 is 5.24. The molecular weight excluding hydrogens is 354 g/mol. The number of carbonyl (C=O) groups excluding carboxylic acids is 1. The maximum atomic E-state index is 13.1. The van der Waals surface area contributed by atoms with Crippen molar-refractivity contribution in [3.05, 3.63) is 112 Å². The molecule has 28 heavy (non-hydrogen) atoms. The van der Waals surface area contributed by atoms with Crippen molar-refractivity contribution in [2.45, 2.75) is 17.3 Å². The molecule has 0 heterocycles. The third kappa shape index (κ3) is 2.43. The zero-order chi connectivity index (χ0) is 19.8. The highest BCUT2D eigenvalue weighted by molar-refractivity contribution is 5.93. The van der Waals surface area contributed by atoms with Crippen molar-refractivity contribution in [3.63, 3.8) is 0 Å². The van der Waals surface area contributed by atoms with Crippen LogP contribution in [-0.2, 0) is 20.4 Å². The fraction of sp³-hybridized carbons (Fsp3) is 0.174. The first-order valence-electron chi connectivity index (χ1n) is 9.01. The molecule has 0 radical (unpaired) electrons. The molecule has 0 saturated heterocycles. The Morgan fingerprint density at radius 3 is 1.86 bits per heavy atom. The van der Waals surface area contributed by atoms with Crippen molar-refractivity contribution < 1.29 is 14.5 Å². The molecule has 0 N–H and O–H groups in total. The SMILES string of the molecule is COC(=O)[C@]1(c2ccccc2)C[C@@]1(c1ccccc1)c1ccc([N+](=O)[O-])cc1. The third-order valence-corrected chi connectivity index (χ3v) is 5.77. The van der Waals surface area contributed by atoms with Crippen LogP contribution in [0, 0.1) is 10.1 Å². The second-order valence-electron chi connectivity index (χ2n) is 7.02. The van der Waals surface area contributed by atoms with Gasteiger partial charge >= 0.3 is 5.97 Å². The van der Waals surface area contributed by atoms with E-state index >= 15 is 0 Å². The molecule has 0 unspecified atom stereocenters. The zero-order valence-electron chi connectivity index (χ0n) is 15.4. The van der Waals surface area contributed by atoms with Crippen LogP contribution in [-0.4, -0.2) is 18.0 Å². The molecule has 5 heteroatoms. The van der Waals surface area contributed by atoms with Gasteiger partial charge in [0.25, 0.3) is 5.69 Å². The molecule has 0 aliphatic heterocycles. The summed E-state index contributed by atoms with van der Waals surface area (Å²) in [6, 6.07) is 25.9. The molecule has 5 nitrogen and oxygen atoms in total. The number of esters is 1. The van der Waals surface area contributed by atoms with Crippen molar-refractivity contribution in [2.75, 3.05) is 7.11 Å². The maximum Gasteiger partial charge on any atom is 0.317 e. The van der Waals surface area contributed by atoms with Gasteiger partial charge in [0.15, 0.2) is 0 Å². The Kier molecular flexibility index (Phi) is 4.23. The van der Waals surface area contributed by atoms with Crippen molar-refractivity contribution >= 4 is 11.7 Å². The first kappa shape index (κ1) is 17.9. The van der Waals surface area contributed by atoms with Crippen LogP contribution in [0.1, 0.15) is 23.1 Å². The largest absolute Gasteiger partial charge is 0.468 e. The fourth-order valence-corrected chi connectivity index (χ4v) is 4.42. The predicted octanol–water partition coefficient (Wildman–Crippen LogP) is 4.40. The molecule has 0 aromatic heterocycles. The molecule has 3 aromatic rings. The van der Waals surface area contributed by atoms with Gasteiger partial charge < -0.3 is 4.74 Å². The number of rotatable bonds is 5. The van der Waals surface area contributed by atoms with Crippen molar-refractivity contribution in [3.8, 4) is 0 Å². The Morgan fingerprint density at radius 2 is 1.36 bits per heavy atom. The van der Waals surface area contributed by atoms with E-state index < -0.39 is 15.8 Å². The number of nitrogens with zero attached hydrogens (tertiary/aromatic N) is 1. The minimum atomic E-state index is -0.875. The number of hydrogen-bond donors (Lipinski definition) is 0. The fourth-order valence-electron chi connectivity index (χ4n) is 4.42. The van der Waals surface area contributed by atoms with Gasteiger partial charge in [0.05, 0.1) is 12.0 Å². The van der Waals surface area contributed by atoms with E-state index in [1.54, 1.807) is 12.1 Å². The number of hydrogen-bond acceptors (Lipinski definition) is 4. The number of carbonyl (C=O) groups is 1. The average Bonchev–Trinajstić information content (AvgIpc) is 3.47. The molecule has 1 saturated carbocycles. The molecule has 3 aromatic carbocycles. The van der Waals surface area contributed by atoms with Gasteiger partial charge in [0, 0.05) is 17.5 Å². The van der Waals surface area contributed by atoms with Crippen LogP contribution in [0.3, 0.4) is 0 Å². The summed E-state index contributed by atoms with van der Waals surface area (Å²) in [4.78, 5) is 23.8. The van der Waals surface area contributed by atoms with E-state index in [1.165, 1.54) is 19.2 Å². The Labute approximate surface area is 162 Å². The predicted molar refractivity (Wildman–Crippen MR) is 105 cm³/mol. The van der Waals surface area contributed by atoms with Gasteiger partial charge in [-0.25, -0.2) is 0 Å². The van der Waals surface area contributed by atoms with Crippen molar-refractivity contribution in [2.24, 2.45) is 0 Å². The van der Waals surface area contributed by atoms with Crippen molar-refractivity contribution in [1.29, 1.82) is 0 Å². The lowest BCUT2D eigenvalue weighted by molar-refractivity contribution is -0.384. The van der Waals surface area contributed by atoms with Gasteiger partial charge in [-0.2, -0.15) is 0 Å². The van der Waals surface area contributed by atoms with Crippen LogP contribution in [0.2, 0.25) is 0 Å². The van der Waals surface area contributed by atoms with Gasteiger partial charge in [0.2, 0.25) is 0 Å². The first-order chi connectivity index (χ1) is 13.6. The highest BCUT2D eigenvalue weighted by Crippen LogP contribution is 2.69. The number of ether oxygens (including phenoxy) is 1. The van der Waals surface area contributed by atoms with E-state index in [0.29, 0.717) is 6.42 Å². The monoisotopic (exact) mass is 373 g/mol. The zero-order valence-corrected chi connectivity index (χ0v) is 15.4. The van der Waals surface area contributed by atoms with Crippen LogP contribution in [0.25, 0.3) is 0 Å². The Morgan fingerprint density at radius 1 is 0.857 bits per heavy atom. The van der Waals surface area contributed by atoms with E-state index in [4.69, 9.17) is 4.74 Å². The van der Waals surface area contributed by atoms with E-state index in [-0.39, 0.29) is 11.7 Å². The number of nitro groups is 1. The minimum Gasteiger partial charge on any atom is -0.468 e. The van der Waals surface area contributed by atoms with Gasteiger partial charge in [-0.3, -0.25) is 14.9 Å². The molecule has 0 amide bonds. The van der Waals surface area contributed by atoms with Crippen LogP contribution >= 0.6 is 0 Å². The highest BCUT2D eigenvalue weighted by Gasteiger charge is 2.74. The molecule has 140 valence electrons. The van der Waals surface area contributed by atoms with E-state index in [2.05, 4.69) is 0 Å². The molecule has 0 spiro atoms. The summed E-state index contributed by atoms with van der Waals surface area (Å²) in [5, 5.41) is 11.1. The van der Waals surface area contributed by atoms with Crippen molar-refractivity contribution in [1.82, 2.24) is 0 Å². The summed E-state index contributed by atoms with van der Waals surface area (Å²) in [5.74, 6) is -0.305. The quantitative estimate of drug-likeness (QED) is 0.378. The lowest BCUT2D eigenvalue weighted by Crippen LogP contribution is -2.32. The van der Waals surface area contributed by atoms with E-state index in [9.17, 15) is 14.9 Å². The van der Waals surface area contributed by atoms with Crippen LogP contribution < -0.4 is 0 Å². The lowest BCUT2D eigenvalue weighted by Gasteiger charge is -2.26. The Hall–Kier alpha value is -3.47. The first-order valence-corrected chi connectivity index (χ1v) is 9.01. The number of non-ortho nitro benzene ring substituents is 1. The normalized spacial score (nSPS) is 23.0. The van der Waals surface area contributed by atoms with E-state index in [1.807, 2.05) is 60.7 Å². The molecule has 1 fully saturated rings. The molecule has 2 atom stereocenters. The lowest BCUT2D eigenvalue weighted by atomic mass is 9.77. The van der Waals surface area contributed by atoms with Crippen LogP contribution in [0.5, 0.6) is 0 Å². The molecular formula is C23H19NO4. The standard InChI is InChI=1S/C23H19NO4/c1-28-21(25)23(18-10-6-3-7-11-18)16-22(23,17-8-4-2-5-9-17)19-12-14-20(15-13-19)24(26)27/h2-15H,16H2,1H3/t22-,23-/m1/s1. The summed E-state index contributed by atoms with van der Waals surface area (Å²) in [6.07, 6.45) is 0.540. The van der Waals surface area contributed by atoms with E-state index in [0.717, 1.165) is 16.7 Å². The topological polar surface area (TPSA) is 69.4 Å². The second kappa shape index (κ2) is 6.60. The average molecular weight is 373 g/mol. The van der Waals surface area contributed by atoms with Gasteiger partial charge in [-0.05, 0) is 23.1 Å². The molecule has 1 aliphatic rings. The van der Waals surface area contributed by atoms with Crippen LogP contribution in [0.4, 0.5) is 5.69 Å². The Balaban J connectivity index is 1.95. The number of nitro benzene ring substituents is 1. The molecule has 0 bridgehead atoms. The smallest absolute Gasteiger partial charge is 0.317 e. The summed E-state index contributed by atoms with van der Waals surface area (Å²) >= 11 is 0. The molecule has 1 aliphatic carbocycles. The van der Waals surface area contributed by atoms with Crippen LogP contribution in [0.15, 0.2) is 84.9 Å². The van der Waals surface area contributed by atoms with Gasteiger partial charge in [-0.1, -0.05) is 72.8 Å². The minimum absolute atomic E-state index is 0.0241. The van der Waals surface area contributed by atoms with Gasteiger partial charge in [0.1, 0.15) is 5.41 Å². The summed E-state index contributed by atoms with van der Waals surface area (Å²) in [5.41, 5.74) is 1.23. The number of methoxy groups -OCH3 is 1.